The van der Waals surface area contributed by atoms with Crippen molar-refractivity contribution in [2.45, 2.75) is 0 Å². The summed E-state index contributed by atoms with van der Waals surface area (Å²) in [6, 6.07) is 17.3. The monoisotopic (exact) mass is 394 g/mol. The maximum atomic E-state index is 12.4. The summed E-state index contributed by atoms with van der Waals surface area (Å²) in [5.74, 6) is -0.840. The quantitative estimate of drug-likeness (QED) is 0.656. The summed E-state index contributed by atoms with van der Waals surface area (Å²) >= 11 is 5.93. The zero-order valence-corrected chi connectivity index (χ0v) is 15.6. The minimum Gasteiger partial charge on any atom is -0.496 e. The first-order chi connectivity index (χ1) is 13.5. The first kappa shape index (κ1) is 19.2. The van der Waals surface area contributed by atoms with Gasteiger partial charge in [-0.25, -0.2) is 4.79 Å². The Labute approximate surface area is 166 Å². The van der Waals surface area contributed by atoms with Gasteiger partial charge in [0.15, 0.2) is 6.61 Å². The highest BCUT2D eigenvalue weighted by Gasteiger charge is 2.17. The second-order valence-corrected chi connectivity index (χ2v) is 6.24. The van der Waals surface area contributed by atoms with E-state index in [-0.39, 0.29) is 10.6 Å². The molecule has 3 aromatic rings. The van der Waals surface area contributed by atoms with Gasteiger partial charge in [0.05, 0.1) is 17.7 Å². The van der Waals surface area contributed by atoms with Crippen LogP contribution in [0.4, 0.5) is 5.69 Å². The highest BCUT2D eigenvalue weighted by atomic mass is 35.5. The number of fused-ring (bicyclic) bond motifs is 1. The molecule has 28 heavy (non-hydrogen) atoms. The van der Waals surface area contributed by atoms with Gasteiger partial charge in [0.25, 0.3) is 5.91 Å². The van der Waals surface area contributed by atoms with Crippen molar-refractivity contribution >= 4 is 39.9 Å². The van der Waals surface area contributed by atoms with Gasteiger partial charge < -0.3 is 14.8 Å². The van der Waals surface area contributed by atoms with Gasteiger partial charge in [-0.15, -0.1) is 0 Å². The molecule has 0 radical (unpaired) electrons. The molecule has 0 aliphatic heterocycles. The number of benzene rings is 3. The molecule has 0 spiro atoms. The lowest BCUT2D eigenvalue weighted by atomic mass is 10.1. The van der Waals surface area contributed by atoms with Crippen molar-refractivity contribution in [3.63, 3.8) is 0 Å². The van der Waals surface area contributed by atoms with E-state index in [0.29, 0.717) is 17.0 Å². The van der Waals surface area contributed by atoms with Crippen molar-refractivity contribution in [1.82, 2.24) is 0 Å². The number of halogens is 1. The number of nitrogens with one attached hydrogen (secondary N) is 1. The van der Waals surface area contributed by atoms with Crippen LogP contribution in [0.3, 0.4) is 0 Å². The Hall–Kier alpha value is -3.56. The van der Waals surface area contributed by atoms with E-state index in [1.54, 1.807) is 12.1 Å². The van der Waals surface area contributed by atoms with Crippen molar-refractivity contribution in [2.75, 3.05) is 19.0 Å². The molecule has 0 unspecified atom stereocenters. The van der Waals surface area contributed by atoms with E-state index in [9.17, 15) is 9.59 Å². The number of rotatable bonds is 5. The number of nitrogens with zero attached hydrogens (tertiary/aromatic N) is 1. The molecule has 140 valence electrons. The number of nitriles is 1. The summed E-state index contributed by atoms with van der Waals surface area (Å²) in [7, 11) is 1.46. The highest BCUT2D eigenvalue weighted by Crippen LogP contribution is 2.26. The van der Waals surface area contributed by atoms with E-state index in [1.165, 1.54) is 25.3 Å². The average molecular weight is 395 g/mol. The van der Waals surface area contributed by atoms with Crippen LogP contribution in [0.5, 0.6) is 5.75 Å². The Morgan fingerprint density at radius 2 is 1.82 bits per heavy atom. The fraction of sp³-hybridized carbons (Fsp3) is 0.0952. The van der Waals surface area contributed by atoms with E-state index in [4.69, 9.17) is 26.3 Å². The topological polar surface area (TPSA) is 88.4 Å². The molecule has 0 bridgehead atoms. The van der Waals surface area contributed by atoms with Crippen LogP contribution < -0.4 is 10.1 Å². The summed E-state index contributed by atoms with van der Waals surface area (Å²) < 4.78 is 10.4. The average Bonchev–Trinajstić information content (AvgIpc) is 2.71. The molecule has 0 aromatic heterocycles. The molecule has 0 heterocycles. The summed E-state index contributed by atoms with van der Waals surface area (Å²) in [6.45, 7) is -0.480. The number of esters is 1. The van der Waals surface area contributed by atoms with Crippen molar-refractivity contribution in [1.29, 1.82) is 5.26 Å². The third-order valence-electron chi connectivity index (χ3n) is 4.00. The van der Waals surface area contributed by atoms with Gasteiger partial charge in [0, 0.05) is 5.69 Å². The van der Waals surface area contributed by atoms with Gasteiger partial charge >= 0.3 is 5.97 Å². The molecular weight excluding hydrogens is 380 g/mol. The van der Waals surface area contributed by atoms with Gasteiger partial charge in [-0.2, -0.15) is 5.26 Å². The van der Waals surface area contributed by atoms with Crippen LogP contribution in [0.15, 0.2) is 54.6 Å². The van der Waals surface area contributed by atoms with Crippen LogP contribution in [0.25, 0.3) is 10.8 Å². The number of ether oxygens (including phenoxy) is 2. The summed E-state index contributed by atoms with van der Waals surface area (Å²) in [4.78, 5) is 24.5. The van der Waals surface area contributed by atoms with Crippen LogP contribution in [0, 0.1) is 11.3 Å². The largest absolute Gasteiger partial charge is 0.496 e. The Kier molecular flexibility index (Phi) is 5.78. The number of hydrogen-bond acceptors (Lipinski definition) is 5. The molecule has 7 heteroatoms. The van der Waals surface area contributed by atoms with Gasteiger partial charge in [-0.05, 0) is 41.1 Å². The lowest BCUT2D eigenvalue weighted by Gasteiger charge is -2.11. The maximum absolute atomic E-state index is 12.4. The lowest BCUT2D eigenvalue weighted by molar-refractivity contribution is -0.119. The zero-order chi connectivity index (χ0) is 20.1. The zero-order valence-electron chi connectivity index (χ0n) is 14.9. The molecule has 3 rings (SSSR count). The third-order valence-corrected chi connectivity index (χ3v) is 4.31. The van der Waals surface area contributed by atoms with E-state index in [0.717, 1.165) is 10.8 Å². The summed E-state index contributed by atoms with van der Waals surface area (Å²) in [5, 5.41) is 13.4. The Morgan fingerprint density at radius 1 is 1.11 bits per heavy atom. The third kappa shape index (κ3) is 4.22. The van der Waals surface area contributed by atoms with Crippen LogP contribution >= 0.6 is 11.6 Å². The number of carbonyl (C=O) groups is 2. The second kappa shape index (κ2) is 8.42. The van der Waals surface area contributed by atoms with Crippen LogP contribution in [0.1, 0.15) is 15.9 Å². The Balaban J connectivity index is 1.68. The molecule has 1 amide bonds. The molecule has 0 saturated carbocycles. The fourth-order valence-corrected chi connectivity index (χ4v) is 2.86. The van der Waals surface area contributed by atoms with Gasteiger partial charge in [0.1, 0.15) is 17.4 Å². The van der Waals surface area contributed by atoms with E-state index >= 15 is 0 Å². The van der Waals surface area contributed by atoms with Gasteiger partial charge in [0.2, 0.25) is 0 Å². The van der Waals surface area contributed by atoms with Crippen LogP contribution in [-0.4, -0.2) is 25.6 Å². The molecule has 0 aliphatic rings. The molecule has 0 fully saturated rings. The molecule has 3 aromatic carbocycles. The Morgan fingerprint density at radius 3 is 2.46 bits per heavy atom. The van der Waals surface area contributed by atoms with Crippen molar-refractivity contribution < 1.29 is 19.1 Å². The SMILES string of the molecule is COc1cc2ccccc2cc1C(=O)OCC(=O)Nc1ccc(C#N)c(Cl)c1. The van der Waals surface area contributed by atoms with Crippen molar-refractivity contribution in [3.05, 3.63) is 70.7 Å². The number of anilines is 1. The van der Waals surface area contributed by atoms with Crippen molar-refractivity contribution in [3.8, 4) is 11.8 Å². The lowest BCUT2D eigenvalue weighted by Crippen LogP contribution is -2.21. The smallest absolute Gasteiger partial charge is 0.342 e. The number of methoxy groups -OCH3 is 1. The van der Waals surface area contributed by atoms with Gasteiger partial charge in [-0.3, -0.25) is 4.79 Å². The predicted octanol–water partition coefficient (Wildman–Crippen LogP) is 4.17. The first-order valence-corrected chi connectivity index (χ1v) is 8.63. The highest BCUT2D eigenvalue weighted by molar-refractivity contribution is 6.32. The number of amides is 1. The second-order valence-electron chi connectivity index (χ2n) is 5.83. The van der Waals surface area contributed by atoms with E-state index < -0.39 is 18.5 Å². The normalized spacial score (nSPS) is 10.2. The van der Waals surface area contributed by atoms with E-state index in [1.807, 2.05) is 30.3 Å². The minimum absolute atomic E-state index is 0.221. The summed E-state index contributed by atoms with van der Waals surface area (Å²) in [6.07, 6.45) is 0. The predicted molar refractivity (Wildman–Crippen MR) is 106 cm³/mol. The molecule has 0 aliphatic carbocycles. The van der Waals surface area contributed by atoms with Crippen molar-refractivity contribution in [2.24, 2.45) is 0 Å². The molecule has 1 N–H and O–H groups in total. The standard InChI is InChI=1S/C21H15ClN2O4/c1-27-19-9-14-5-3-2-4-13(14)8-17(19)21(26)28-12-20(25)24-16-7-6-15(11-23)18(22)10-16/h2-10H,12H2,1H3,(H,24,25). The van der Waals surface area contributed by atoms with Crippen LogP contribution in [0.2, 0.25) is 5.02 Å². The molecule has 0 atom stereocenters. The molecule has 6 nitrogen and oxygen atoms in total. The summed E-state index contributed by atoms with van der Waals surface area (Å²) in [5.41, 5.74) is 0.929. The Bertz CT molecular complexity index is 1110. The number of hydrogen-bond donors (Lipinski definition) is 1. The number of carbonyl (C=O) groups excluding carboxylic acids is 2. The fourth-order valence-electron chi connectivity index (χ4n) is 2.64. The maximum Gasteiger partial charge on any atom is 0.342 e. The minimum atomic E-state index is -0.671. The van der Waals surface area contributed by atoms with E-state index in [2.05, 4.69) is 5.32 Å². The van der Waals surface area contributed by atoms with Gasteiger partial charge in [-0.1, -0.05) is 35.9 Å². The first-order valence-electron chi connectivity index (χ1n) is 8.25. The molecule has 0 saturated heterocycles. The molecular formula is C21H15ClN2O4. The van der Waals surface area contributed by atoms with Crippen LogP contribution in [-0.2, 0) is 9.53 Å².